The number of hydrogen-bond acceptors (Lipinski definition) is 4. The summed E-state index contributed by atoms with van der Waals surface area (Å²) >= 11 is 0. The number of nitrogens with one attached hydrogen (secondary N) is 1. The fraction of sp³-hybridized carbons (Fsp3) is 0.667. The van der Waals surface area contributed by atoms with Gasteiger partial charge in [0.2, 0.25) is 0 Å². The van der Waals surface area contributed by atoms with Crippen molar-refractivity contribution in [2.45, 2.75) is 52.7 Å². The molecule has 1 fully saturated rings. The lowest BCUT2D eigenvalue weighted by molar-refractivity contribution is -0.0158. The molecule has 5 heteroatoms. The van der Waals surface area contributed by atoms with Gasteiger partial charge in [0.15, 0.2) is 5.76 Å². The van der Waals surface area contributed by atoms with Crippen LogP contribution in [0.1, 0.15) is 55.0 Å². The van der Waals surface area contributed by atoms with E-state index in [1.165, 1.54) is 6.42 Å². The van der Waals surface area contributed by atoms with E-state index in [0.717, 1.165) is 18.4 Å². The van der Waals surface area contributed by atoms with Crippen LogP contribution in [0.15, 0.2) is 10.5 Å². The van der Waals surface area contributed by atoms with Crippen molar-refractivity contribution in [1.29, 1.82) is 0 Å². The van der Waals surface area contributed by atoms with Crippen molar-refractivity contribution in [2.24, 2.45) is 17.7 Å². The molecule has 2 atom stereocenters. The Hall–Kier alpha value is -1.33. The van der Waals surface area contributed by atoms with E-state index < -0.39 is 5.91 Å². The van der Waals surface area contributed by atoms with E-state index in [1.54, 1.807) is 0 Å². The van der Waals surface area contributed by atoms with Crippen molar-refractivity contribution in [3.8, 4) is 0 Å². The molecule has 1 aliphatic rings. The summed E-state index contributed by atoms with van der Waals surface area (Å²) in [5, 5.41) is 0. The third-order valence-corrected chi connectivity index (χ3v) is 3.90. The molecule has 0 aliphatic heterocycles. The van der Waals surface area contributed by atoms with Gasteiger partial charge in [0.1, 0.15) is 12.4 Å². The van der Waals surface area contributed by atoms with Crippen LogP contribution in [0.4, 0.5) is 0 Å². The van der Waals surface area contributed by atoms with E-state index in [4.69, 9.17) is 15.0 Å². The molecular formula is C15H24N2O3. The lowest BCUT2D eigenvalue weighted by Crippen LogP contribution is -2.30. The average Bonchev–Trinajstić information content (AvgIpc) is 2.76. The Kier molecular flexibility index (Phi) is 4.83. The van der Waals surface area contributed by atoms with Crippen LogP contribution >= 0.6 is 0 Å². The van der Waals surface area contributed by atoms with Gasteiger partial charge >= 0.3 is 5.91 Å². The van der Waals surface area contributed by atoms with Gasteiger partial charge in [-0.2, -0.15) is 0 Å². The molecule has 3 N–H and O–H groups in total. The molecule has 2 rings (SSSR count). The molecule has 1 saturated carbocycles. The Bertz CT molecular complexity index is 460. The van der Waals surface area contributed by atoms with Crippen LogP contribution in [0.2, 0.25) is 0 Å². The van der Waals surface area contributed by atoms with E-state index in [9.17, 15) is 4.79 Å². The van der Waals surface area contributed by atoms with Crippen molar-refractivity contribution in [2.75, 3.05) is 0 Å². The molecule has 5 nitrogen and oxygen atoms in total. The van der Waals surface area contributed by atoms with Crippen molar-refractivity contribution < 1.29 is 13.9 Å². The summed E-state index contributed by atoms with van der Waals surface area (Å²) in [5.74, 6) is 7.06. The number of hydrazine groups is 1. The van der Waals surface area contributed by atoms with E-state index in [-0.39, 0.29) is 11.9 Å². The molecule has 112 valence electrons. The zero-order valence-electron chi connectivity index (χ0n) is 12.4. The van der Waals surface area contributed by atoms with Crippen LogP contribution < -0.4 is 11.3 Å². The first kappa shape index (κ1) is 15.1. The molecule has 20 heavy (non-hydrogen) atoms. The smallest absolute Gasteiger partial charge is 0.301 e. The van der Waals surface area contributed by atoms with E-state index in [1.807, 2.05) is 13.0 Å². The summed E-state index contributed by atoms with van der Waals surface area (Å²) in [6, 6.07) is 1.83. The number of carbonyl (C=O) groups excluding carboxylic acids is 1. The van der Waals surface area contributed by atoms with Gasteiger partial charge in [-0.1, -0.05) is 13.8 Å². The van der Waals surface area contributed by atoms with E-state index in [2.05, 4.69) is 19.3 Å². The predicted octanol–water partition coefficient (Wildman–Crippen LogP) is 2.53. The highest BCUT2D eigenvalue weighted by atomic mass is 16.5. The number of amides is 1. The van der Waals surface area contributed by atoms with Crippen LogP contribution in [0.25, 0.3) is 0 Å². The quantitative estimate of drug-likeness (QED) is 0.505. The average molecular weight is 280 g/mol. The molecule has 0 radical (unpaired) electrons. The fourth-order valence-corrected chi connectivity index (χ4v) is 3.12. The minimum absolute atomic E-state index is 0.261. The van der Waals surface area contributed by atoms with Crippen LogP contribution in [-0.2, 0) is 11.3 Å². The first-order valence-corrected chi connectivity index (χ1v) is 7.21. The molecule has 1 amide bonds. The summed E-state index contributed by atoms with van der Waals surface area (Å²) in [5.41, 5.74) is 2.85. The summed E-state index contributed by atoms with van der Waals surface area (Å²) in [4.78, 5) is 11.5. The molecule has 1 heterocycles. The lowest BCUT2D eigenvalue weighted by Gasteiger charge is -2.31. The number of ether oxygens (including phenoxy) is 1. The Morgan fingerprint density at radius 1 is 1.40 bits per heavy atom. The molecule has 1 aromatic rings. The largest absolute Gasteiger partial charge is 0.453 e. The van der Waals surface area contributed by atoms with Gasteiger partial charge in [-0.05, 0) is 44.1 Å². The van der Waals surface area contributed by atoms with Crippen molar-refractivity contribution in [1.82, 2.24) is 5.43 Å². The third kappa shape index (κ3) is 3.61. The van der Waals surface area contributed by atoms with Gasteiger partial charge in [0.05, 0.1) is 6.10 Å². The van der Waals surface area contributed by atoms with Crippen molar-refractivity contribution >= 4 is 5.91 Å². The maximum atomic E-state index is 11.5. The van der Waals surface area contributed by atoms with Crippen molar-refractivity contribution in [3.63, 3.8) is 0 Å². The second-order valence-electron chi connectivity index (χ2n) is 6.05. The molecule has 0 spiro atoms. The lowest BCUT2D eigenvalue weighted by atomic mass is 9.82. The SMILES string of the molecule is Cc1cc(COC2CC(C)CC(C)C2)oc1C(=O)NN. The second-order valence-corrected chi connectivity index (χ2v) is 6.05. The Morgan fingerprint density at radius 3 is 2.65 bits per heavy atom. The monoisotopic (exact) mass is 280 g/mol. The Morgan fingerprint density at radius 2 is 2.05 bits per heavy atom. The molecule has 1 aromatic heterocycles. The van der Waals surface area contributed by atoms with Gasteiger partial charge in [0.25, 0.3) is 0 Å². The first-order valence-electron chi connectivity index (χ1n) is 7.21. The molecule has 1 aliphatic carbocycles. The number of rotatable bonds is 4. The number of furan rings is 1. The summed E-state index contributed by atoms with van der Waals surface area (Å²) < 4.78 is 11.4. The van der Waals surface area contributed by atoms with E-state index >= 15 is 0 Å². The first-order chi connectivity index (χ1) is 9.49. The number of nitrogen functional groups attached to an aromatic ring is 1. The van der Waals surface area contributed by atoms with E-state index in [0.29, 0.717) is 24.2 Å². The molecule has 0 aromatic carbocycles. The minimum Gasteiger partial charge on any atom is -0.453 e. The zero-order chi connectivity index (χ0) is 14.7. The summed E-state index contributed by atoms with van der Waals surface area (Å²) in [7, 11) is 0. The van der Waals surface area contributed by atoms with Crippen LogP contribution in [-0.4, -0.2) is 12.0 Å². The van der Waals surface area contributed by atoms with Crippen LogP contribution in [0, 0.1) is 18.8 Å². The summed E-state index contributed by atoms with van der Waals surface area (Å²) in [6.07, 6.45) is 3.76. The van der Waals surface area contributed by atoms with Gasteiger partial charge in [-0.15, -0.1) is 0 Å². The Labute approximate surface area is 119 Å². The normalized spacial score (nSPS) is 26.5. The highest BCUT2D eigenvalue weighted by Gasteiger charge is 2.25. The van der Waals surface area contributed by atoms with Gasteiger partial charge < -0.3 is 9.15 Å². The summed E-state index contributed by atoms with van der Waals surface area (Å²) in [6.45, 7) is 6.77. The topological polar surface area (TPSA) is 77.5 Å². The molecule has 2 unspecified atom stereocenters. The highest BCUT2D eigenvalue weighted by Crippen LogP contribution is 2.31. The zero-order valence-corrected chi connectivity index (χ0v) is 12.4. The third-order valence-electron chi connectivity index (χ3n) is 3.90. The predicted molar refractivity (Wildman–Crippen MR) is 75.9 cm³/mol. The Balaban J connectivity index is 1.92. The number of nitrogens with two attached hydrogens (primary N) is 1. The van der Waals surface area contributed by atoms with Crippen LogP contribution in [0.5, 0.6) is 0 Å². The highest BCUT2D eigenvalue weighted by molar-refractivity contribution is 5.92. The van der Waals surface area contributed by atoms with Crippen LogP contribution in [0.3, 0.4) is 0 Å². The standard InChI is InChI=1S/C15H24N2O3/c1-9-4-10(2)6-12(5-9)19-8-13-7-11(3)14(20-13)15(18)17-16/h7,9-10,12H,4-6,8,16H2,1-3H3,(H,17,18). The number of carbonyl (C=O) groups is 1. The molecule has 0 bridgehead atoms. The maximum Gasteiger partial charge on any atom is 0.301 e. The minimum atomic E-state index is -0.409. The second kappa shape index (κ2) is 6.41. The van der Waals surface area contributed by atoms with Crippen molar-refractivity contribution in [3.05, 3.63) is 23.2 Å². The fourth-order valence-electron chi connectivity index (χ4n) is 3.12. The number of aryl methyl sites for hydroxylation is 1. The van der Waals surface area contributed by atoms with Gasteiger partial charge in [-0.3, -0.25) is 10.2 Å². The van der Waals surface area contributed by atoms with Gasteiger partial charge in [0, 0.05) is 5.56 Å². The number of hydrogen-bond donors (Lipinski definition) is 2. The maximum absolute atomic E-state index is 11.5. The molecular weight excluding hydrogens is 256 g/mol. The molecule has 0 saturated heterocycles. The van der Waals surface area contributed by atoms with Gasteiger partial charge in [-0.25, -0.2) is 5.84 Å².